The summed E-state index contributed by atoms with van der Waals surface area (Å²) in [6.07, 6.45) is -0.909. The lowest BCUT2D eigenvalue weighted by Gasteiger charge is -2.21. The molecule has 2 amide bonds. The second kappa shape index (κ2) is 7.14. The highest BCUT2D eigenvalue weighted by molar-refractivity contribution is 6.11. The predicted molar refractivity (Wildman–Crippen MR) is 100.0 cm³/mol. The van der Waals surface area contributed by atoms with Crippen molar-refractivity contribution < 1.29 is 22.7 Å². The number of amides is 2. The van der Waals surface area contributed by atoms with Gasteiger partial charge in [0, 0.05) is 17.0 Å². The van der Waals surface area contributed by atoms with Crippen molar-refractivity contribution in [2.24, 2.45) is 0 Å². The van der Waals surface area contributed by atoms with Crippen LogP contribution in [0.5, 0.6) is 5.75 Å². The number of ether oxygens (including phenoxy) is 1. The third kappa shape index (κ3) is 3.12. The summed E-state index contributed by atoms with van der Waals surface area (Å²) in [4.78, 5) is 26.3. The lowest BCUT2D eigenvalue weighted by molar-refractivity contribution is -0.144. The van der Waals surface area contributed by atoms with Gasteiger partial charge < -0.3 is 4.74 Å². The summed E-state index contributed by atoms with van der Waals surface area (Å²) in [7, 11) is 1.23. The number of pyridine rings is 1. The average Bonchev–Trinajstić information content (AvgIpc) is 3.08. The molecule has 3 heterocycles. The normalized spacial score (nSPS) is 16.8. The number of carbonyl (C=O) groups excluding carboxylic acids is 1. The Morgan fingerprint density at radius 2 is 2.00 bits per heavy atom. The quantitative estimate of drug-likeness (QED) is 0.652. The molecule has 30 heavy (non-hydrogen) atoms. The number of nitriles is 1. The van der Waals surface area contributed by atoms with E-state index in [9.17, 15) is 23.2 Å². The second-order valence-corrected chi connectivity index (χ2v) is 6.37. The summed E-state index contributed by atoms with van der Waals surface area (Å²) in [5.74, 6) is -1.89. The Balaban J connectivity index is 1.82. The van der Waals surface area contributed by atoms with Crippen molar-refractivity contribution in [2.45, 2.75) is 12.2 Å². The Hall–Kier alpha value is -3.94. The van der Waals surface area contributed by atoms with Crippen molar-refractivity contribution in [3.8, 4) is 11.8 Å². The standard InChI is InChI=1S/C19H13F3N6O2/c1-30-15-9-25-17(19(20,21)22)26-16(15)27-10-12(6-23)28(18(27)29)14-8-24-7-11-4-2-3-5-13(11)14/h2-5,7-9,12H,10H2,1H3/t12-/m1/s1. The van der Waals surface area contributed by atoms with Gasteiger partial charge in [-0.25, -0.2) is 14.8 Å². The Morgan fingerprint density at radius 1 is 1.23 bits per heavy atom. The summed E-state index contributed by atoms with van der Waals surface area (Å²) in [6.45, 7) is -0.205. The van der Waals surface area contributed by atoms with Gasteiger partial charge in [-0.2, -0.15) is 18.4 Å². The van der Waals surface area contributed by atoms with Crippen LogP contribution in [-0.4, -0.2) is 40.7 Å². The van der Waals surface area contributed by atoms with Crippen LogP contribution < -0.4 is 14.5 Å². The minimum absolute atomic E-state index is 0.120. The first kappa shape index (κ1) is 19.4. The molecule has 0 N–H and O–H groups in total. The van der Waals surface area contributed by atoms with Gasteiger partial charge in [0.25, 0.3) is 0 Å². The molecule has 1 saturated heterocycles. The molecule has 0 bridgehead atoms. The van der Waals surface area contributed by atoms with Crippen molar-refractivity contribution >= 4 is 28.3 Å². The third-order valence-corrected chi connectivity index (χ3v) is 4.63. The topological polar surface area (TPSA) is 95.2 Å². The Kier molecular flexibility index (Phi) is 4.62. The molecule has 4 rings (SSSR count). The molecule has 152 valence electrons. The number of carbonyl (C=O) groups is 1. The van der Waals surface area contributed by atoms with E-state index in [0.29, 0.717) is 11.1 Å². The van der Waals surface area contributed by atoms with E-state index < -0.39 is 24.1 Å². The van der Waals surface area contributed by atoms with Crippen LogP contribution in [0.25, 0.3) is 10.8 Å². The zero-order valence-electron chi connectivity index (χ0n) is 15.5. The maximum atomic E-state index is 13.2. The number of hydrogen-bond acceptors (Lipinski definition) is 6. The van der Waals surface area contributed by atoms with Crippen LogP contribution in [0.15, 0.2) is 42.9 Å². The summed E-state index contributed by atoms with van der Waals surface area (Å²) in [5, 5.41) is 11.0. The van der Waals surface area contributed by atoms with Gasteiger partial charge in [0.2, 0.25) is 5.82 Å². The van der Waals surface area contributed by atoms with E-state index in [4.69, 9.17) is 4.74 Å². The molecule has 1 fully saturated rings. The molecule has 0 radical (unpaired) electrons. The number of anilines is 2. The fourth-order valence-corrected chi connectivity index (χ4v) is 3.27. The van der Waals surface area contributed by atoms with Crippen LogP contribution in [0, 0.1) is 11.3 Å². The summed E-state index contributed by atoms with van der Waals surface area (Å²) < 4.78 is 44.4. The highest BCUT2D eigenvalue weighted by atomic mass is 19.4. The molecule has 2 aromatic heterocycles. The average molecular weight is 414 g/mol. The minimum atomic E-state index is -4.81. The van der Waals surface area contributed by atoms with Crippen LogP contribution in [0.3, 0.4) is 0 Å². The van der Waals surface area contributed by atoms with Crippen molar-refractivity contribution in [1.29, 1.82) is 5.26 Å². The summed E-state index contributed by atoms with van der Waals surface area (Å²) in [5.41, 5.74) is 0.371. The number of halogens is 3. The van der Waals surface area contributed by atoms with Gasteiger partial charge in [-0.3, -0.25) is 14.8 Å². The van der Waals surface area contributed by atoms with E-state index in [2.05, 4.69) is 15.0 Å². The minimum Gasteiger partial charge on any atom is -0.491 e. The molecular weight excluding hydrogens is 401 g/mol. The van der Waals surface area contributed by atoms with Crippen LogP contribution >= 0.6 is 0 Å². The monoisotopic (exact) mass is 414 g/mol. The Bertz CT molecular complexity index is 1170. The number of nitrogens with zero attached hydrogens (tertiary/aromatic N) is 6. The number of aromatic nitrogens is 3. The fourth-order valence-electron chi connectivity index (χ4n) is 3.27. The van der Waals surface area contributed by atoms with Gasteiger partial charge in [0.1, 0.15) is 6.04 Å². The first-order valence-corrected chi connectivity index (χ1v) is 8.66. The highest BCUT2D eigenvalue weighted by Gasteiger charge is 2.43. The number of hydrogen-bond donors (Lipinski definition) is 0. The zero-order valence-corrected chi connectivity index (χ0v) is 15.5. The number of methoxy groups -OCH3 is 1. The molecule has 0 saturated carbocycles. The SMILES string of the molecule is COc1cnc(C(F)(F)F)nc1N1C[C@@H](C#N)N(c2cncc3ccccc23)C1=O. The molecule has 3 aromatic rings. The van der Waals surface area contributed by atoms with Crippen molar-refractivity contribution in [3.05, 3.63) is 48.7 Å². The van der Waals surface area contributed by atoms with Gasteiger partial charge in [0.05, 0.1) is 37.8 Å². The molecule has 11 heteroatoms. The van der Waals surface area contributed by atoms with E-state index in [1.165, 1.54) is 18.2 Å². The largest absolute Gasteiger partial charge is 0.491 e. The van der Waals surface area contributed by atoms with Gasteiger partial charge in [-0.1, -0.05) is 24.3 Å². The smallest absolute Gasteiger partial charge is 0.451 e. The van der Waals surface area contributed by atoms with E-state index in [1.807, 2.05) is 6.07 Å². The van der Waals surface area contributed by atoms with E-state index in [-0.39, 0.29) is 18.1 Å². The van der Waals surface area contributed by atoms with Crippen molar-refractivity contribution in [3.63, 3.8) is 0 Å². The number of urea groups is 1. The fraction of sp³-hybridized carbons (Fsp3) is 0.211. The predicted octanol–water partition coefficient (Wildman–Crippen LogP) is 3.39. The van der Waals surface area contributed by atoms with E-state index >= 15 is 0 Å². The lowest BCUT2D eigenvalue weighted by Crippen LogP contribution is -2.35. The molecule has 8 nitrogen and oxygen atoms in total. The zero-order chi connectivity index (χ0) is 21.5. The van der Waals surface area contributed by atoms with Crippen LogP contribution in [0.1, 0.15) is 5.82 Å². The molecule has 0 unspecified atom stereocenters. The Morgan fingerprint density at radius 3 is 2.70 bits per heavy atom. The Labute approximate surface area is 168 Å². The number of fused-ring (bicyclic) bond motifs is 1. The molecule has 0 aliphatic carbocycles. The molecule has 0 spiro atoms. The second-order valence-electron chi connectivity index (χ2n) is 6.37. The number of rotatable bonds is 3. The highest BCUT2D eigenvalue weighted by Crippen LogP contribution is 2.37. The van der Waals surface area contributed by atoms with Gasteiger partial charge >= 0.3 is 12.2 Å². The maximum absolute atomic E-state index is 13.2. The van der Waals surface area contributed by atoms with Gasteiger partial charge in [-0.05, 0) is 0 Å². The summed E-state index contributed by atoms with van der Waals surface area (Å²) >= 11 is 0. The first-order valence-electron chi connectivity index (χ1n) is 8.66. The maximum Gasteiger partial charge on any atom is 0.451 e. The van der Waals surface area contributed by atoms with Crippen molar-refractivity contribution in [2.75, 3.05) is 23.5 Å². The van der Waals surface area contributed by atoms with Crippen LogP contribution in [0.2, 0.25) is 0 Å². The van der Waals surface area contributed by atoms with Crippen LogP contribution in [-0.2, 0) is 6.18 Å². The van der Waals surface area contributed by atoms with Crippen molar-refractivity contribution in [1.82, 2.24) is 15.0 Å². The summed E-state index contributed by atoms with van der Waals surface area (Å²) in [6, 6.07) is 7.47. The van der Waals surface area contributed by atoms with Gasteiger partial charge in [-0.15, -0.1) is 0 Å². The molecule has 1 atom stereocenters. The first-order chi connectivity index (χ1) is 14.3. The van der Waals surface area contributed by atoms with Crippen LogP contribution in [0.4, 0.5) is 29.5 Å². The van der Waals surface area contributed by atoms with E-state index in [1.54, 1.807) is 30.5 Å². The molecule has 1 aliphatic heterocycles. The lowest BCUT2D eigenvalue weighted by atomic mass is 10.1. The number of alkyl halides is 3. The van der Waals surface area contributed by atoms with E-state index in [0.717, 1.165) is 16.5 Å². The molecule has 1 aliphatic rings. The van der Waals surface area contributed by atoms with Gasteiger partial charge in [0.15, 0.2) is 11.6 Å². The number of benzene rings is 1. The molecular formula is C19H13F3N6O2. The molecule has 1 aromatic carbocycles. The third-order valence-electron chi connectivity index (χ3n) is 4.63.